The highest BCUT2D eigenvalue weighted by atomic mass is 16.5. The van der Waals surface area contributed by atoms with Crippen molar-refractivity contribution in [3.8, 4) is 11.8 Å². The minimum Gasteiger partial charge on any atom is -0.491 e. The lowest BCUT2D eigenvalue weighted by Crippen LogP contribution is -2.14. The first-order valence-corrected chi connectivity index (χ1v) is 9.41. The third-order valence-corrected chi connectivity index (χ3v) is 4.35. The number of Topliss-reactive ketones (excluding diaryl/α,β-unsaturated/α-hetero) is 1. The molecule has 3 rings (SSSR count). The van der Waals surface area contributed by atoms with Crippen molar-refractivity contribution in [3.05, 3.63) is 65.9 Å². The Morgan fingerprint density at radius 3 is 2.52 bits per heavy atom. The first kappa shape index (κ1) is 20.2. The van der Waals surface area contributed by atoms with E-state index in [0.29, 0.717) is 29.8 Å². The van der Waals surface area contributed by atoms with Gasteiger partial charge < -0.3 is 14.0 Å². The van der Waals surface area contributed by atoms with Crippen LogP contribution < -0.4 is 4.74 Å². The first-order chi connectivity index (χ1) is 14.0. The number of hydrogen-bond donors (Lipinski definition) is 0. The van der Waals surface area contributed by atoms with E-state index in [4.69, 9.17) is 14.7 Å². The molecule has 6 nitrogen and oxygen atoms in total. The summed E-state index contributed by atoms with van der Waals surface area (Å²) in [6, 6.07) is 16.2. The number of carbonyl (C=O) groups is 2. The van der Waals surface area contributed by atoms with Crippen LogP contribution in [0, 0.1) is 11.3 Å². The molecule has 1 aromatic heterocycles. The third kappa shape index (κ3) is 4.82. The maximum atomic E-state index is 12.7. The number of carbonyl (C=O) groups excluding carboxylic acids is 2. The topological polar surface area (TPSA) is 81.3 Å². The summed E-state index contributed by atoms with van der Waals surface area (Å²) >= 11 is 0. The van der Waals surface area contributed by atoms with Crippen LogP contribution in [0.1, 0.15) is 41.0 Å². The fourth-order valence-electron chi connectivity index (χ4n) is 3.06. The molecular weight excluding hydrogens is 368 g/mol. The van der Waals surface area contributed by atoms with E-state index in [1.165, 1.54) is 0 Å². The number of ketones is 1. The van der Waals surface area contributed by atoms with E-state index < -0.39 is 5.97 Å². The number of para-hydroxylation sites is 1. The number of fused-ring (bicyclic) bond motifs is 1. The van der Waals surface area contributed by atoms with Gasteiger partial charge >= 0.3 is 5.97 Å². The van der Waals surface area contributed by atoms with Crippen LogP contribution in [-0.4, -0.2) is 29.0 Å². The van der Waals surface area contributed by atoms with Gasteiger partial charge in [0.25, 0.3) is 0 Å². The lowest BCUT2D eigenvalue weighted by atomic mass is 10.1. The Balaban J connectivity index is 1.69. The van der Waals surface area contributed by atoms with Crippen molar-refractivity contribution in [2.24, 2.45) is 0 Å². The number of ether oxygens (including phenoxy) is 2. The van der Waals surface area contributed by atoms with Gasteiger partial charge in [-0.05, 0) is 44.2 Å². The number of nitrogens with zero attached hydrogens (tertiary/aromatic N) is 2. The van der Waals surface area contributed by atoms with Crippen molar-refractivity contribution in [1.29, 1.82) is 5.26 Å². The molecule has 0 amide bonds. The van der Waals surface area contributed by atoms with Crippen molar-refractivity contribution in [2.75, 3.05) is 6.61 Å². The molecular formula is C23H22N2O4. The van der Waals surface area contributed by atoms with E-state index in [0.717, 1.165) is 10.9 Å². The summed E-state index contributed by atoms with van der Waals surface area (Å²) in [6.07, 6.45) is 2.11. The minimum absolute atomic E-state index is 0.0423. The van der Waals surface area contributed by atoms with Gasteiger partial charge in [-0.15, -0.1) is 0 Å². The fourth-order valence-corrected chi connectivity index (χ4v) is 3.06. The summed E-state index contributed by atoms with van der Waals surface area (Å²) in [7, 11) is 0. The molecule has 0 aliphatic heterocycles. The Bertz CT molecular complexity index is 1060. The zero-order valence-corrected chi connectivity index (χ0v) is 16.4. The Labute approximate surface area is 169 Å². The molecule has 0 unspecified atom stereocenters. The molecule has 0 aliphatic rings. The molecule has 0 N–H and O–H groups in total. The van der Waals surface area contributed by atoms with Gasteiger partial charge in [-0.2, -0.15) is 5.26 Å². The smallest absolute Gasteiger partial charge is 0.338 e. The number of esters is 1. The van der Waals surface area contributed by atoms with E-state index in [1.54, 1.807) is 30.5 Å². The molecule has 0 aliphatic carbocycles. The molecule has 3 aromatic rings. The Hall–Kier alpha value is -3.59. The zero-order valence-electron chi connectivity index (χ0n) is 16.4. The van der Waals surface area contributed by atoms with Crippen molar-refractivity contribution < 1.29 is 19.1 Å². The van der Waals surface area contributed by atoms with Crippen LogP contribution in [0.5, 0.6) is 5.75 Å². The Morgan fingerprint density at radius 1 is 1.10 bits per heavy atom. The molecule has 0 saturated heterocycles. The van der Waals surface area contributed by atoms with Gasteiger partial charge in [0, 0.05) is 29.2 Å². The summed E-state index contributed by atoms with van der Waals surface area (Å²) in [6.45, 7) is 3.99. The SMILES string of the molecule is CC(C)Oc1ccc(C(=O)OCC(=O)c2cn(CCC#N)c3ccccc23)cc1. The van der Waals surface area contributed by atoms with E-state index >= 15 is 0 Å². The summed E-state index contributed by atoms with van der Waals surface area (Å²) in [4.78, 5) is 24.9. The lowest BCUT2D eigenvalue weighted by Gasteiger charge is -2.10. The molecule has 0 radical (unpaired) electrons. The molecule has 6 heteroatoms. The van der Waals surface area contributed by atoms with Gasteiger partial charge in [-0.3, -0.25) is 4.79 Å². The van der Waals surface area contributed by atoms with Crippen molar-refractivity contribution in [1.82, 2.24) is 4.57 Å². The standard InChI is InChI=1S/C23H22N2O4/c1-16(2)29-18-10-8-17(9-11-18)23(27)28-15-22(26)20-14-25(13-5-12-24)21-7-4-3-6-19(20)21/h3-4,6-11,14,16H,5,13,15H2,1-2H3. The molecule has 0 fully saturated rings. The minimum atomic E-state index is -0.567. The van der Waals surface area contributed by atoms with Crippen LogP contribution in [0.4, 0.5) is 0 Å². The maximum absolute atomic E-state index is 12.7. The van der Waals surface area contributed by atoms with Gasteiger partial charge in [0.1, 0.15) is 5.75 Å². The normalized spacial score (nSPS) is 10.7. The van der Waals surface area contributed by atoms with Crippen LogP contribution in [0.3, 0.4) is 0 Å². The summed E-state index contributed by atoms with van der Waals surface area (Å²) in [5.74, 6) is -0.189. The van der Waals surface area contributed by atoms with Crippen LogP contribution in [0.2, 0.25) is 0 Å². The fraction of sp³-hybridized carbons (Fsp3) is 0.261. The number of aromatic nitrogens is 1. The summed E-state index contributed by atoms with van der Waals surface area (Å²) in [5.41, 5.74) is 1.70. The van der Waals surface area contributed by atoms with E-state index in [2.05, 4.69) is 6.07 Å². The lowest BCUT2D eigenvalue weighted by molar-refractivity contribution is 0.0475. The zero-order chi connectivity index (χ0) is 20.8. The monoisotopic (exact) mass is 390 g/mol. The van der Waals surface area contributed by atoms with Crippen LogP contribution >= 0.6 is 0 Å². The average molecular weight is 390 g/mol. The van der Waals surface area contributed by atoms with Crippen LogP contribution in [-0.2, 0) is 11.3 Å². The van der Waals surface area contributed by atoms with E-state index in [-0.39, 0.29) is 18.5 Å². The second kappa shape index (κ2) is 9.07. The number of benzene rings is 2. The van der Waals surface area contributed by atoms with E-state index in [9.17, 15) is 9.59 Å². The second-order valence-electron chi connectivity index (χ2n) is 6.85. The molecule has 1 heterocycles. The Morgan fingerprint density at radius 2 is 1.83 bits per heavy atom. The van der Waals surface area contributed by atoms with Crippen LogP contribution in [0.25, 0.3) is 10.9 Å². The van der Waals surface area contributed by atoms with Crippen LogP contribution in [0.15, 0.2) is 54.7 Å². The molecule has 29 heavy (non-hydrogen) atoms. The molecule has 0 saturated carbocycles. The Kier molecular flexibility index (Phi) is 6.30. The maximum Gasteiger partial charge on any atom is 0.338 e. The van der Waals surface area contributed by atoms with Gasteiger partial charge in [0.05, 0.1) is 24.2 Å². The molecule has 148 valence electrons. The van der Waals surface area contributed by atoms with Crippen molar-refractivity contribution in [3.63, 3.8) is 0 Å². The highest BCUT2D eigenvalue weighted by Crippen LogP contribution is 2.22. The van der Waals surface area contributed by atoms with Gasteiger partial charge in [-0.1, -0.05) is 18.2 Å². The predicted molar refractivity (Wildman–Crippen MR) is 109 cm³/mol. The van der Waals surface area contributed by atoms with Gasteiger partial charge in [0.2, 0.25) is 5.78 Å². The highest BCUT2D eigenvalue weighted by Gasteiger charge is 2.17. The summed E-state index contributed by atoms with van der Waals surface area (Å²) in [5, 5.41) is 9.61. The third-order valence-electron chi connectivity index (χ3n) is 4.35. The highest BCUT2D eigenvalue weighted by molar-refractivity contribution is 6.09. The average Bonchev–Trinajstić information content (AvgIpc) is 3.09. The van der Waals surface area contributed by atoms with Crippen molar-refractivity contribution in [2.45, 2.75) is 32.9 Å². The largest absolute Gasteiger partial charge is 0.491 e. The van der Waals surface area contributed by atoms with Crippen molar-refractivity contribution >= 4 is 22.7 Å². The first-order valence-electron chi connectivity index (χ1n) is 9.41. The number of nitriles is 1. The number of aryl methyl sites for hydroxylation is 1. The predicted octanol–water partition coefficient (Wildman–Crippen LogP) is 4.38. The second-order valence-corrected chi connectivity index (χ2v) is 6.85. The molecule has 0 atom stereocenters. The molecule has 0 spiro atoms. The number of hydrogen-bond acceptors (Lipinski definition) is 5. The number of rotatable bonds is 8. The summed E-state index contributed by atoms with van der Waals surface area (Å²) < 4.78 is 12.6. The quantitative estimate of drug-likeness (QED) is 0.421. The molecule has 0 bridgehead atoms. The van der Waals surface area contributed by atoms with Gasteiger partial charge in [-0.25, -0.2) is 4.79 Å². The van der Waals surface area contributed by atoms with Gasteiger partial charge in [0.15, 0.2) is 6.61 Å². The molecule has 2 aromatic carbocycles. The van der Waals surface area contributed by atoms with E-state index in [1.807, 2.05) is 42.7 Å².